The van der Waals surface area contributed by atoms with Crippen LogP contribution in [0.1, 0.15) is 11.1 Å². The molecule has 0 bridgehead atoms. The van der Waals surface area contributed by atoms with E-state index in [0.29, 0.717) is 11.5 Å². The Balaban J connectivity index is 0.000000321. The molecular weight excluding hydrogens is 296 g/mol. The van der Waals surface area contributed by atoms with Gasteiger partial charge in [0.25, 0.3) is 0 Å². The van der Waals surface area contributed by atoms with Gasteiger partial charge in [0.05, 0.1) is 0 Å². The van der Waals surface area contributed by atoms with Crippen LogP contribution in [0.3, 0.4) is 0 Å². The van der Waals surface area contributed by atoms with Crippen molar-refractivity contribution in [2.75, 3.05) is 0 Å². The van der Waals surface area contributed by atoms with Gasteiger partial charge in [0, 0.05) is 0 Å². The third kappa shape index (κ3) is 7.81. The molecule has 106 valence electrons. The third-order valence-corrected chi connectivity index (χ3v) is 2.25. The van der Waals surface area contributed by atoms with Crippen LogP contribution in [0.15, 0.2) is 48.5 Å². The van der Waals surface area contributed by atoms with Gasteiger partial charge < -0.3 is 9.78 Å². The molecule has 0 aliphatic carbocycles. The molecule has 0 amide bonds. The van der Waals surface area contributed by atoms with Crippen LogP contribution in [0.25, 0.3) is 0 Å². The molecule has 2 aromatic carbocycles. The van der Waals surface area contributed by atoms with E-state index in [2.05, 4.69) is 9.78 Å². The van der Waals surface area contributed by atoms with Crippen LogP contribution >= 0.6 is 0 Å². The van der Waals surface area contributed by atoms with Crippen LogP contribution in [0, 0.1) is 13.8 Å². The van der Waals surface area contributed by atoms with E-state index in [-0.39, 0.29) is 0 Å². The monoisotopic (exact) mass is 312 g/mol. The molecule has 20 heavy (non-hydrogen) atoms. The summed E-state index contributed by atoms with van der Waals surface area (Å²) in [5.41, 5.74) is 2.30. The van der Waals surface area contributed by atoms with Crippen LogP contribution in [0.4, 0.5) is 0 Å². The van der Waals surface area contributed by atoms with Gasteiger partial charge in [0.2, 0.25) is 0 Å². The Kier molecular flexibility index (Phi) is 10.5. The molecule has 0 aliphatic heterocycles. The molecule has 0 radical (unpaired) electrons. The summed E-state index contributed by atoms with van der Waals surface area (Å²) in [6.45, 7) is 3.95. The zero-order valence-electron chi connectivity index (χ0n) is 11.2. The van der Waals surface area contributed by atoms with Gasteiger partial charge >= 0.3 is 23.7 Å². The normalized spacial score (nSPS) is 8.35. The van der Waals surface area contributed by atoms with Crippen molar-refractivity contribution in [2.45, 2.75) is 13.8 Å². The van der Waals surface area contributed by atoms with Gasteiger partial charge in [-0.05, 0) is 38.1 Å². The van der Waals surface area contributed by atoms with E-state index in [9.17, 15) is 0 Å². The van der Waals surface area contributed by atoms with Crippen LogP contribution < -0.4 is 9.78 Å². The second-order valence-corrected chi connectivity index (χ2v) is 3.81. The first kappa shape index (κ1) is 18.5. The van der Waals surface area contributed by atoms with E-state index >= 15 is 0 Å². The Bertz CT molecular complexity index is 424. The summed E-state index contributed by atoms with van der Waals surface area (Å²) in [5, 5.41) is 16.3. The summed E-state index contributed by atoms with van der Waals surface area (Å²) in [6, 6.07) is 14.3. The van der Waals surface area contributed by atoms with Gasteiger partial charge in [-0.25, -0.2) is 10.5 Å². The molecule has 2 N–H and O–H groups in total. The Morgan fingerprint density at radius 2 is 0.950 bits per heavy atom. The van der Waals surface area contributed by atoms with Gasteiger partial charge in [-0.1, -0.05) is 35.4 Å². The number of aryl methyl sites for hydroxylation is 2. The fourth-order valence-corrected chi connectivity index (χ4v) is 1.20. The zero-order valence-corrected chi connectivity index (χ0v) is 12.8. The molecule has 0 unspecified atom stereocenters. The zero-order chi connectivity index (χ0) is 15.4. The van der Waals surface area contributed by atoms with E-state index in [0.717, 1.165) is 31.5 Å². The molecular formula is C14H16O5Ti. The van der Waals surface area contributed by atoms with Crippen LogP contribution in [0.2, 0.25) is 0 Å². The topological polar surface area (TPSA) is 76.0 Å². The first-order valence-corrected chi connectivity index (χ1v) is 6.26. The van der Waals surface area contributed by atoms with Crippen molar-refractivity contribution in [3.63, 3.8) is 0 Å². The van der Waals surface area contributed by atoms with Crippen molar-refractivity contribution in [3.05, 3.63) is 59.7 Å². The second-order valence-electron chi connectivity index (χ2n) is 3.81. The molecule has 5 nitrogen and oxygen atoms in total. The first-order valence-electron chi connectivity index (χ1n) is 5.62. The number of hydrogen-bond acceptors (Lipinski definition) is 5. The molecule has 2 aromatic rings. The fourth-order valence-electron chi connectivity index (χ4n) is 1.20. The molecule has 0 spiro atoms. The van der Waals surface area contributed by atoms with Crippen molar-refractivity contribution >= 4 is 0 Å². The van der Waals surface area contributed by atoms with Crippen LogP contribution in [-0.4, -0.2) is 10.5 Å². The Labute approximate surface area is 129 Å². The van der Waals surface area contributed by atoms with Crippen LogP contribution in [0.5, 0.6) is 11.5 Å². The average molecular weight is 312 g/mol. The quantitative estimate of drug-likeness (QED) is 0.503. The Morgan fingerprint density at radius 3 is 1.15 bits per heavy atom. The van der Waals surface area contributed by atoms with E-state index < -0.39 is 0 Å². The van der Waals surface area contributed by atoms with Gasteiger partial charge in [-0.3, -0.25) is 0 Å². The van der Waals surface area contributed by atoms with Crippen molar-refractivity contribution in [2.24, 2.45) is 0 Å². The minimum atomic E-state index is 0.473. The van der Waals surface area contributed by atoms with E-state index in [1.54, 1.807) is 24.3 Å². The van der Waals surface area contributed by atoms with Crippen molar-refractivity contribution in [1.29, 1.82) is 0 Å². The summed E-state index contributed by atoms with van der Waals surface area (Å²) in [7, 11) is 0. The van der Waals surface area contributed by atoms with Gasteiger partial charge in [0.15, 0.2) is 11.5 Å². The maximum atomic E-state index is 8.25. The molecule has 0 atom stereocenters. The molecule has 0 saturated carbocycles. The standard InChI is InChI=1S/2C7H8O2.O.Ti/c2*1-6-2-4-7(9-8)5-3-6;;/h2*2-5,8H,1H3;;. The molecule has 0 saturated heterocycles. The SMILES string of the molecule is Cc1ccc(OO)cc1.Cc1ccc(OO)cc1.[O]=[Ti]. The number of hydrogen-bond donors (Lipinski definition) is 2. The molecule has 0 heterocycles. The van der Waals surface area contributed by atoms with Gasteiger partial charge in [0.1, 0.15) is 0 Å². The summed E-state index contributed by atoms with van der Waals surface area (Å²) < 4.78 is 8.25. The molecule has 2 rings (SSSR count). The molecule has 0 fully saturated rings. The average Bonchev–Trinajstić information content (AvgIpc) is 2.51. The van der Waals surface area contributed by atoms with Crippen molar-refractivity contribution in [1.82, 2.24) is 0 Å². The summed E-state index contributed by atoms with van der Waals surface area (Å²) in [4.78, 5) is 7.94. The Hall–Kier alpha value is -1.53. The van der Waals surface area contributed by atoms with E-state index in [1.807, 2.05) is 38.1 Å². The number of benzene rings is 2. The van der Waals surface area contributed by atoms with E-state index in [1.165, 1.54) is 0 Å². The van der Waals surface area contributed by atoms with E-state index in [4.69, 9.17) is 13.8 Å². The molecule has 0 aliphatic rings. The number of rotatable bonds is 2. The van der Waals surface area contributed by atoms with Crippen LogP contribution in [-0.2, 0) is 23.7 Å². The summed E-state index contributed by atoms with van der Waals surface area (Å²) in [5.74, 6) is 0.946. The van der Waals surface area contributed by atoms with Crippen molar-refractivity contribution in [3.8, 4) is 11.5 Å². The second kappa shape index (κ2) is 11.3. The Morgan fingerprint density at radius 1 is 0.700 bits per heavy atom. The molecule has 0 aromatic heterocycles. The maximum absolute atomic E-state index is 8.25. The molecule has 6 heteroatoms. The predicted octanol–water partition coefficient (Wildman–Crippen LogP) is 3.57. The summed E-state index contributed by atoms with van der Waals surface area (Å²) >= 11 is 0.750. The minimum absolute atomic E-state index is 0.473. The fraction of sp³-hybridized carbons (Fsp3) is 0.143. The summed E-state index contributed by atoms with van der Waals surface area (Å²) in [6.07, 6.45) is 0. The van der Waals surface area contributed by atoms with Crippen molar-refractivity contribution < 1.29 is 44.0 Å². The van der Waals surface area contributed by atoms with Gasteiger partial charge in [-0.15, -0.1) is 0 Å². The van der Waals surface area contributed by atoms with Gasteiger partial charge in [-0.2, -0.15) is 0 Å². The first-order chi connectivity index (χ1) is 9.65. The predicted molar refractivity (Wildman–Crippen MR) is 69.6 cm³/mol. The third-order valence-electron chi connectivity index (χ3n) is 2.25.